The molecule has 2 aliphatic rings. The third-order valence-corrected chi connectivity index (χ3v) is 3.76. The number of hydrogen-bond donors (Lipinski definition) is 1. The molecule has 19 heavy (non-hydrogen) atoms. The van der Waals surface area contributed by atoms with Crippen molar-refractivity contribution in [2.24, 2.45) is 5.92 Å². The molecule has 0 aromatic carbocycles. The van der Waals surface area contributed by atoms with E-state index in [1.54, 1.807) is 12.0 Å². The molecule has 1 saturated carbocycles. The van der Waals surface area contributed by atoms with Gasteiger partial charge in [0.2, 0.25) is 11.8 Å². The standard InChI is InChI=1S/C13H22N2O4/c1-18-6-5-15-8-11(19-9-12(15)16)7-14-13(17)10-3-2-4-10/h10-11H,2-9H2,1H3,(H,14,17). The molecule has 1 heterocycles. The first kappa shape index (κ1) is 14.3. The second-order valence-corrected chi connectivity index (χ2v) is 5.14. The maximum absolute atomic E-state index is 11.7. The molecule has 6 heteroatoms. The zero-order valence-electron chi connectivity index (χ0n) is 11.4. The SMILES string of the molecule is COCCN1CC(CNC(=O)C2CCC2)OCC1=O. The highest BCUT2D eigenvalue weighted by Gasteiger charge is 2.28. The molecule has 1 saturated heterocycles. The lowest BCUT2D eigenvalue weighted by molar-refractivity contribution is -0.149. The van der Waals surface area contributed by atoms with Gasteiger partial charge < -0.3 is 19.7 Å². The summed E-state index contributed by atoms with van der Waals surface area (Å²) in [6.45, 7) is 2.19. The number of carbonyl (C=O) groups is 2. The van der Waals surface area contributed by atoms with Gasteiger partial charge in [0, 0.05) is 32.7 Å². The zero-order valence-corrected chi connectivity index (χ0v) is 11.4. The summed E-state index contributed by atoms with van der Waals surface area (Å²) in [5.41, 5.74) is 0. The van der Waals surface area contributed by atoms with Crippen LogP contribution in [0.25, 0.3) is 0 Å². The van der Waals surface area contributed by atoms with Crippen molar-refractivity contribution in [2.75, 3.05) is 40.0 Å². The Morgan fingerprint density at radius 3 is 2.95 bits per heavy atom. The fourth-order valence-corrected chi connectivity index (χ4v) is 2.25. The fraction of sp³-hybridized carbons (Fsp3) is 0.846. The van der Waals surface area contributed by atoms with Crippen LogP contribution < -0.4 is 5.32 Å². The largest absolute Gasteiger partial charge is 0.383 e. The fourth-order valence-electron chi connectivity index (χ4n) is 2.25. The predicted molar refractivity (Wildman–Crippen MR) is 68.5 cm³/mol. The van der Waals surface area contributed by atoms with Crippen LogP contribution in [0.1, 0.15) is 19.3 Å². The third-order valence-electron chi connectivity index (χ3n) is 3.76. The smallest absolute Gasteiger partial charge is 0.248 e. The molecule has 2 fully saturated rings. The van der Waals surface area contributed by atoms with Gasteiger partial charge in [0.15, 0.2) is 0 Å². The molecule has 1 N–H and O–H groups in total. The second kappa shape index (κ2) is 6.86. The quantitative estimate of drug-likeness (QED) is 0.724. The van der Waals surface area contributed by atoms with Gasteiger partial charge in [-0.1, -0.05) is 6.42 Å². The molecule has 0 aromatic heterocycles. The number of ether oxygens (including phenoxy) is 2. The van der Waals surface area contributed by atoms with Gasteiger partial charge in [0.1, 0.15) is 6.61 Å². The van der Waals surface area contributed by atoms with E-state index in [-0.39, 0.29) is 30.4 Å². The van der Waals surface area contributed by atoms with E-state index in [4.69, 9.17) is 9.47 Å². The molecular weight excluding hydrogens is 248 g/mol. The Labute approximate surface area is 113 Å². The van der Waals surface area contributed by atoms with Crippen molar-refractivity contribution in [3.8, 4) is 0 Å². The highest BCUT2D eigenvalue weighted by molar-refractivity contribution is 5.79. The van der Waals surface area contributed by atoms with Crippen LogP contribution in [0.15, 0.2) is 0 Å². The maximum atomic E-state index is 11.7. The number of nitrogens with zero attached hydrogens (tertiary/aromatic N) is 1. The minimum absolute atomic E-state index is 0.0152. The minimum atomic E-state index is -0.112. The van der Waals surface area contributed by atoms with Gasteiger partial charge in [0.25, 0.3) is 0 Å². The molecule has 108 valence electrons. The highest BCUT2D eigenvalue weighted by atomic mass is 16.5. The molecule has 0 radical (unpaired) electrons. The summed E-state index contributed by atoms with van der Waals surface area (Å²) in [5, 5.41) is 2.91. The van der Waals surface area contributed by atoms with Crippen LogP contribution >= 0.6 is 0 Å². The highest BCUT2D eigenvalue weighted by Crippen LogP contribution is 2.26. The van der Waals surface area contributed by atoms with E-state index in [9.17, 15) is 9.59 Å². The molecule has 0 bridgehead atoms. The van der Waals surface area contributed by atoms with Gasteiger partial charge >= 0.3 is 0 Å². The Hall–Kier alpha value is -1.14. The summed E-state index contributed by atoms with van der Waals surface area (Å²) < 4.78 is 10.4. The molecule has 2 rings (SSSR count). The lowest BCUT2D eigenvalue weighted by atomic mass is 9.85. The lowest BCUT2D eigenvalue weighted by Crippen LogP contribution is -2.51. The molecule has 1 aliphatic carbocycles. The molecule has 2 amide bonds. The third kappa shape index (κ3) is 3.91. The first-order valence-corrected chi connectivity index (χ1v) is 6.86. The maximum Gasteiger partial charge on any atom is 0.248 e. The van der Waals surface area contributed by atoms with E-state index < -0.39 is 0 Å². The van der Waals surface area contributed by atoms with Crippen LogP contribution in [-0.4, -0.2) is 62.8 Å². The number of rotatable bonds is 6. The summed E-state index contributed by atoms with van der Waals surface area (Å²) in [4.78, 5) is 25.1. The van der Waals surface area contributed by atoms with Crippen molar-refractivity contribution in [3.63, 3.8) is 0 Å². The topological polar surface area (TPSA) is 67.9 Å². The monoisotopic (exact) mass is 270 g/mol. The number of methoxy groups -OCH3 is 1. The van der Waals surface area contributed by atoms with Crippen LogP contribution in [0.5, 0.6) is 0 Å². The van der Waals surface area contributed by atoms with E-state index >= 15 is 0 Å². The van der Waals surface area contributed by atoms with Gasteiger partial charge in [-0.15, -0.1) is 0 Å². The predicted octanol–water partition coefficient (Wildman–Crippen LogP) is -0.223. The number of morpholine rings is 1. The Balaban J connectivity index is 1.71. The van der Waals surface area contributed by atoms with Crippen LogP contribution in [-0.2, 0) is 19.1 Å². The van der Waals surface area contributed by atoms with Crippen molar-refractivity contribution < 1.29 is 19.1 Å². The lowest BCUT2D eigenvalue weighted by Gasteiger charge is -2.33. The van der Waals surface area contributed by atoms with E-state index in [1.807, 2.05) is 0 Å². The first-order chi connectivity index (χ1) is 9.20. The van der Waals surface area contributed by atoms with Gasteiger partial charge in [-0.05, 0) is 12.8 Å². The van der Waals surface area contributed by atoms with Gasteiger partial charge in [0.05, 0.1) is 12.7 Å². The first-order valence-electron chi connectivity index (χ1n) is 6.86. The molecule has 1 aliphatic heterocycles. The Morgan fingerprint density at radius 2 is 2.32 bits per heavy atom. The van der Waals surface area contributed by atoms with Gasteiger partial charge in [-0.2, -0.15) is 0 Å². The van der Waals surface area contributed by atoms with Crippen LogP contribution in [0.2, 0.25) is 0 Å². The number of nitrogens with one attached hydrogen (secondary N) is 1. The summed E-state index contributed by atoms with van der Waals surface area (Å²) in [6.07, 6.45) is 3.03. The van der Waals surface area contributed by atoms with E-state index in [2.05, 4.69) is 5.32 Å². The summed E-state index contributed by atoms with van der Waals surface area (Å²) in [7, 11) is 1.61. The summed E-state index contributed by atoms with van der Waals surface area (Å²) >= 11 is 0. The van der Waals surface area contributed by atoms with Crippen molar-refractivity contribution >= 4 is 11.8 Å². The number of hydrogen-bond acceptors (Lipinski definition) is 4. The Bertz CT molecular complexity index is 331. The van der Waals surface area contributed by atoms with E-state index in [1.165, 1.54) is 0 Å². The normalized spacial score (nSPS) is 24.2. The minimum Gasteiger partial charge on any atom is -0.383 e. The van der Waals surface area contributed by atoms with Crippen molar-refractivity contribution in [1.29, 1.82) is 0 Å². The zero-order chi connectivity index (χ0) is 13.7. The van der Waals surface area contributed by atoms with Crippen LogP contribution in [0.3, 0.4) is 0 Å². The summed E-state index contributed by atoms with van der Waals surface area (Å²) in [5.74, 6) is 0.295. The van der Waals surface area contributed by atoms with Crippen LogP contribution in [0.4, 0.5) is 0 Å². The molecule has 1 unspecified atom stereocenters. The van der Waals surface area contributed by atoms with Crippen molar-refractivity contribution in [3.05, 3.63) is 0 Å². The molecule has 6 nitrogen and oxygen atoms in total. The Kier molecular flexibility index (Phi) is 5.15. The average Bonchev–Trinajstić information content (AvgIpc) is 2.34. The number of amides is 2. The Morgan fingerprint density at radius 1 is 1.53 bits per heavy atom. The van der Waals surface area contributed by atoms with Crippen molar-refractivity contribution in [1.82, 2.24) is 10.2 Å². The van der Waals surface area contributed by atoms with Crippen LogP contribution in [0, 0.1) is 5.92 Å². The summed E-state index contributed by atoms with van der Waals surface area (Å²) in [6, 6.07) is 0. The average molecular weight is 270 g/mol. The van der Waals surface area contributed by atoms with E-state index in [0.29, 0.717) is 26.2 Å². The van der Waals surface area contributed by atoms with Gasteiger partial charge in [-0.3, -0.25) is 9.59 Å². The molecule has 1 atom stereocenters. The number of carbonyl (C=O) groups excluding carboxylic acids is 2. The second-order valence-electron chi connectivity index (χ2n) is 5.14. The molecule has 0 spiro atoms. The molecular formula is C13H22N2O4. The van der Waals surface area contributed by atoms with Crippen molar-refractivity contribution in [2.45, 2.75) is 25.4 Å². The molecule has 0 aromatic rings. The van der Waals surface area contributed by atoms with Gasteiger partial charge in [-0.25, -0.2) is 0 Å². The van der Waals surface area contributed by atoms with E-state index in [0.717, 1.165) is 19.3 Å².